The van der Waals surface area contributed by atoms with Crippen molar-refractivity contribution >= 4 is 34.2 Å². The molecule has 1 aliphatic rings. The fourth-order valence-electron chi connectivity index (χ4n) is 2.72. The molecule has 110 valence electrons. The van der Waals surface area contributed by atoms with Crippen LogP contribution < -0.4 is 0 Å². The second kappa shape index (κ2) is 6.12. The van der Waals surface area contributed by atoms with E-state index in [-0.39, 0.29) is 5.82 Å². The van der Waals surface area contributed by atoms with Crippen molar-refractivity contribution in [1.82, 2.24) is 9.97 Å². The Morgan fingerprint density at radius 1 is 1.05 bits per heavy atom. The normalized spacial score (nSPS) is 15.6. The molecule has 0 aliphatic heterocycles. The van der Waals surface area contributed by atoms with Gasteiger partial charge in [0.1, 0.15) is 16.8 Å². The molecule has 0 spiro atoms. The number of halogens is 4. The summed E-state index contributed by atoms with van der Waals surface area (Å²) in [6.45, 7) is 0. The Balaban J connectivity index is 2.10. The summed E-state index contributed by atoms with van der Waals surface area (Å²) in [5.74, 6) is -0.661. The zero-order valence-electron chi connectivity index (χ0n) is 11.0. The van der Waals surface area contributed by atoms with Crippen molar-refractivity contribution in [3.8, 4) is 11.4 Å². The average molecular weight is 421 g/mol. The lowest BCUT2D eigenvalue weighted by molar-refractivity contribution is 0.584. The monoisotopic (exact) mass is 420 g/mol. The second-order valence-corrected chi connectivity index (χ2v) is 6.61. The fraction of sp³-hybridized carbons (Fsp3) is 0.333. The van der Waals surface area contributed by atoms with Crippen molar-refractivity contribution in [3.63, 3.8) is 0 Å². The minimum Gasteiger partial charge on any atom is -0.232 e. The molecule has 0 bridgehead atoms. The third kappa shape index (κ3) is 3.18. The molecule has 21 heavy (non-hydrogen) atoms. The Hall–Kier alpha value is -0.820. The zero-order chi connectivity index (χ0) is 15.0. The summed E-state index contributed by atoms with van der Waals surface area (Å²) in [4.78, 5) is 8.70. The maximum absolute atomic E-state index is 13.4. The maximum atomic E-state index is 13.4. The van der Waals surface area contributed by atoms with Gasteiger partial charge in [0.25, 0.3) is 0 Å². The molecule has 0 amide bonds. The summed E-state index contributed by atoms with van der Waals surface area (Å²) in [6.07, 6.45) is 4.49. The predicted octanol–water partition coefficient (Wildman–Crippen LogP) is 5.34. The van der Waals surface area contributed by atoms with Crippen molar-refractivity contribution < 1.29 is 8.78 Å². The first-order valence-corrected chi connectivity index (χ1v) is 8.19. The molecule has 3 rings (SSSR count). The van der Waals surface area contributed by atoms with Gasteiger partial charge in [-0.05, 0) is 47.6 Å². The summed E-state index contributed by atoms with van der Waals surface area (Å²) in [5.41, 5.74) is 1.21. The van der Waals surface area contributed by atoms with Gasteiger partial charge in [-0.25, -0.2) is 18.7 Å². The Bertz CT molecular complexity index is 667. The van der Waals surface area contributed by atoms with Crippen LogP contribution in [0, 0.1) is 15.2 Å². The van der Waals surface area contributed by atoms with Crippen molar-refractivity contribution in [3.05, 3.63) is 44.3 Å². The molecule has 0 unspecified atom stereocenters. The molecule has 2 aromatic rings. The van der Waals surface area contributed by atoms with Gasteiger partial charge in [0, 0.05) is 17.5 Å². The van der Waals surface area contributed by atoms with Gasteiger partial charge in [0.05, 0.1) is 9.26 Å². The van der Waals surface area contributed by atoms with Crippen LogP contribution in [0.4, 0.5) is 8.78 Å². The molecule has 0 atom stereocenters. The van der Waals surface area contributed by atoms with Crippen LogP contribution in [0.3, 0.4) is 0 Å². The highest BCUT2D eigenvalue weighted by Gasteiger charge is 2.24. The average Bonchev–Trinajstić information content (AvgIpc) is 2.94. The van der Waals surface area contributed by atoms with Gasteiger partial charge >= 0.3 is 0 Å². The largest absolute Gasteiger partial charge is 0.232 e. The van der Waals surface area contributed by atoms with E-state index in [1.165, 1.54) is 25.0 Å². The van der Waals surface area contributed by atoms with Crippen LogP contribution >= 0.6 is 34.2 Å². The van der Waals surface area contributed by atoms with Gasteiger partial charge in [-0.2, -0.15) is 0 Å². The Kier molecular flexibility index (Phi) is 4.40. The summed E-state index contributed by atoms with van der Waals surface area (Å²) < 4.78 is 27.6. The number of benzene rings is 1. The third-order valence-corrected chi connectivity index (χ3v) is 5.35. The van der Waals surface area contributed by atoms with Gasteiger partial charge in [-0.3, -0.25) is 0 Å². The van der Waals surface area contributed by atoms with Gasteiger partial charge in [-0.1, -0.05) is 24.4 Å². The van der Waals surface area contributed by atoms with Crippen molar-refractivity contribution in [1.29, 1.82) is 0 Å². The smallest absolute Gasteiger partial charge is 0.161 e. The van der Waals surface area contributed by atoms with Crippen molar-refractivity contribution in [2.45, 2.75) is 31.6 Å². The van der Waals surface area contributed by atoms with E-state index in [2.05, 4.69) is 32.6 Å². The molecule has 1 aromatic carbocycles. The fourth-order valence-corrected chi connectivity index (χ4v) is 3.58. The SMILES string of the molecule is Fc1cc(F)cc(-c2nc(Cl)c(I)c(C3CCCC3)n2)c1. The molecule has 1 saturated carbocycles. The van der Waals surface area contributed by atoms with E-state index < -0.39 is 11.6 Å². The van der Waals surface area contributed by atoms with Crippen LogP contribution in [-0.2, 0) is 0 Å². The van der Waals surface area contributed by atoms with Crippen LogP contribution in [0.5, 0.6) is 0 Å². The third-order valence-electron chi connectivity index (χ3n) is 3.70. The molecular weight excluding hydrogens is 409 g/mol. The zero-order valence-corrected chi connectivity index (χ0v) is 14.0. The summed E-state index contributed by atoms with van der Waals surface area (Å²) >= 11 is 8.32. The molecule has 1 aromatic heterocycles. The maximum Gasteiger partial charge on any atom is 0.161 e. The molecule has 1 heterocycles. The van der Waals surface area contributed by atoms with Crippen molar-refractivity contribution in [2.75, 3.05) is 0 Å². The molecule has 1 fully saturated rings. The van der Waals surface area contributed by atoms with Crippen LogP contribution in [0.25, 0.3) is 11.4 Å². The van der Waals surface area contributed by atoms with Crippen LogP contribution in [0.15, 0.2) is 18.2 Å². The number of rotatable bonds is 2. The molecule has 0 radical (unpaired) electrons. The first-order chi connectivity index (χ1) is 10.0. The molecular formula is C15H12ClF2IN2. The standard InChI is InChI=1S/C15H12ClF2IN2/c16-14-12(19)13(8-3-1-2-4-8)20-15(21-14)9-5-10(17)7-11(18)6-9/h5-8H,1-4H2. The molecule has 0 N–H and O–H groups in total. The predicted molar refractivity (Wildman–Crippen MR) is 86.3 cm³/mol. The lowest BCUT2D eigenvalue weighted by Crippen LogP contribution is -2.05. The highest BCUT2D eigenvalue weighted by Crippen LogP contribution is 2.37. The summed E-state index contributed by atoms with van der Waals surface area (Å²) in [6, 6.07) is 3.27. The quantitative estimate of drug-likeness (QED) is 0.484. The van der Waals surface area contributed by atoms with E-state index in [0.717, 1.165) is 28.2 Å². The van der Waals surface area contributed by atoms with E-state index >= 15 is 0 Å². The summed E-state index contributed by atoms with van der Waals surface area (Å²) in [7, 11) is 0. The number of aromatic nitrogens is 2. The van der Waals surface area contributed by atoms with E-state index in [4.69, 9.17) is 11.6 Å². The Labute approximate surface area is 140 Å². The summed E-state index contributed by atoms with van der Waals surface area (Å²) in [5, 5.41) is 0.340. The minimum atomic E-state index is -0.648. The van der Waals surface area contributed by atoms with Gasteiger partial charge in [0.15, 0.2) is 5.82 Å². The van der Waals surface area contributed by atoms with Crippen LogP contribution in [-0.4, -0.2) is 9.97 Å². The second-order valence-electron chi connectivity index (χ2n) is 5.18. The molecule has 0 saturated heterocycles. The first kappa shape index (κ1) is 15.1. The van der Waals surface area contributed by atoms with E-state index in [9.17, 15) is 8.78 Å². The molecule has 6 heteroatoms. The van der Waals surface area contributed by atoms with E-state index in [0.29, 0.717) is 16.6 Å². The number of nitrogens with zero attached hydrogens (tertiary/aromatic N) is 2. The lowest BCUT2D eigenvalue weighted by Gasteiger charge is -2.13. The Morgan fingerprint density at radius 3 is 2.29 bits per heavy atom. The Morgan fingerprint density at radius 2 is 1.67 bits per heavy atom. The van der Waals surface area contributed by atoms with Gasteiger partial charge < -0.3 is 0 Å². The molecule has 1 aliphatic carbocycles. The topological polar surface area (TPSA) is 25.8 Å². The van der Waals surface area contributed by atoms with Gasteiger partial charge in [-0.15, -0.1) is 0 Å². The first-order valence-electron chi connectivity index (χ1n) is 6.74. The highest BCUT2D eigenvalue weighted by molar-refractivity contribution is 14.1. The number of hydrogen-bond donors (Lipinski definition) is 0. The van der Waals surface area contributed by atoms with E-state index in [1.807, 2.05) is 0 Å². The van der Waals surface area contributed by atoms with Gasteiger partial charge in [0.2, 0.25) is 0 Å². The minimum absolute atomic E-state index is 0.278. The molecule has 2 nitrogen and oxygen atoms in total. The van der Waals surface area contributed by atoms with E-state index in [1.54, 1.807) is 0 Å². The van der Waals surface area contributed by atoms with Crippen molar-refractivity contribution in [2.24, 2.45) is 0 Å². The number of hydrogen-bond acceptors (Lipinski definition) is 2. The van der Waals surface area contributed by atoms with Crippen LogP contribution in [0.1, 0.15) is 37.3 Å². The highest BCUT2D eigenvalue weighted by atomic mass is 127. The lowest BCUT2D eigenvalue weighted by atomic mass is 10.0. The van der Waals surface area contributed by atoms with Crippen LogP contribution in [0.2, 0.25) is 5.15 Å².